The minimum Gasteiger partial charge on any atom is -0.448 e. The molecule has 0 bridgehead atoms. The number of fused-ring (bicyclic) bond motifs is 1. The highest BCUT2D eigenvalue weighted by molar-refractivity contribution is 7.11. The smallest absolute Gasteiger partial charge is 0.349 e. The van der Waals surface area contributed by atoms with E-state index >= 15 is 0 Å². The van der Waals surface area contributed by atoms with Gasteiger partial charge in [0.25, 0.3) is 5.91 Å². The second kappa shape index (κ2) is 6.96. The van der Waals surface area contributed by atoms with Gasteiger partial charge in [-0.2, -0.15) is 0 Å². The molecule has 1 aliphatic rings. The zero-order valence-electron chi connectivity index (χ0n) is 13.0. The Kier molecular flexibility index (Phi) is 4.76. The van der Waals surface area contributed by atoms with Crippen LogP contribution in [-0.4, -0.2) is 18.0 Å². The number of hydrogen-bond acceptors (Lipinski definition) is 4. The summed E-state index contributed by atoms with van der Waals surface area (Å²) in [4.78, 5) is 24.8. The molecule has 1 aromatic carbocycles. The fourth-order valence-corrected chi connectivity index (χ4v) is 3.47. The van der Waals surface area contributed by atoms with Crippen molar-refractivity contribution in [3.63, 3.8) is 0 Å². The van der Waals surface area contributed by atoms with Crippen LogP contribution >= 0.6 is 11.3 Å². The van der Waals surface area contributed by atoms with Gasteiger partial charge < -0.3 is 10.1 Å². The summed E-state index contributed by atoms with van der Waals surface area (Å²) in [5.74, 6) is -0.705. The molecule has 0 unspecified atom stereocenters. The number of rotatable bonds is 4. The Bertz CT molecular complexity index is 696. The zero-order chi connectivity index (χ0) is 16.2. The summed E-state index contributed by atoms with van der Waals surface area (Å²) in [5, 5.41) is 4.82. The Morgan fingerprint density at radius 3 is 2.87 bits per heavy atom. The highest BCUT2D eigenvalue weighted by Gasteiger charge is 2.25. The van der Waals surface area contributed by atoms with Gasteiger partial charge in [0.1, 0.15) is 4.88 Å². The van der Waals surface area contributed by atoms with E-state index < -0.39 is 12.1 Å². The van der Waals surface area contributed by atoms with Crippen LogP contribution < -0.4 is 5.32 Å². The van der Waals surface area contributed by atoms with Gasteiger partial charge >= 0.3 is 5.97 Å². The van der Waals surface area contributed by atoms with Crippen molar-refractivity contribution in [1.29, 1.82) is 0 Å². The van der Waals surface area contributed by atoms with Crippen LogP contribution in [-0.2, 0) is 16.0 Å². The number of aryl methyl sites for hydroxylation is 1. The van der Waals surface area contributed by atoms with Gasteiger partial charge in [0.2, 0.25) is 0 Å². The lowest BCUT2D eigenvalue weighted by Gasteiger charge is -2.27. The van der Waals surface area contributed by atoms with Gasteiger partial charge in [-0.25, -0.2) is 4.79 Å². The summed E-state index contributed by atoms with van der Waals surface area (Å²) in [5.41, 5.74) is 2.45. The lowest BCUT2D eigenvalue weighted by atomic mass is 9.87. The maximum absolute atomic E-state index is 12.3. The topological polar surface area (TPSA) is 55.4 Å². The molecular weight excluding hydrogens is 310 g/mol. The van der Waals surface area contributed by atoms with Crippen molar-refractivity contribution >= 4 is 23.2 Å². The second-order valence-electron chi connectivity index (χ2n) is 5.68. The van der Waals surface area contributed by atoms with E-state index in [1.54, 1.807) is 24.4 Å². The van der Waals surface area contributed by atoms with Gasteiger partial charge in [0.15, 0.2) is 6.10 Å². The molecule has 1 heterocycles. The first-order valence-corrected chi connectivity index (χ1v) is 8.66. The molecule has 0 saturated carbocycles. The molecule has 1 N–H and O–H groups in total. The molecule has 0 radical (unpaired) electrons. The van der Waals surface area contributed by atoms with Crippen LogP contribution in [0, 0.1) is 0 Å². The minimum atomic E-state index is -0.807. The molecule has 1 aromatic heterocycles. The summed E-state index contributed by atoms with van der Waals surface area (Å²) in [6.45, 7) is 1.61. The van der Waals surface area contributed by atoms with Crippen molar-refractivity contribution in [3.8, 4) is 0 Å². The summed E-state index contributed by atoms with van der Waals surface area (Å²) in [6, 6.07) is 11.6. The number of amides is 1. The SMILES string of the molecule is C[C@@H](OC(=O)c1cccs1)C(=O)N[C@H]1CCCc2ccccc21. The number of carbonyl (C=O) groups is 2. The lowest BCUT2D eigenvalue weighted by molar-refractivity contribution is -0.130. The lowest BCUT2D eigenvalue weighted by Crippen LogP contribution is -2.39. The monoisotopic (exact) mass is 329 g/mol. The Morgan fingerprint density at radius 1 is 1.26 bits per heavy atom. The Morgan fingerprint density at radius 2 is 2.09 bits per heavy atom. The van der Waals surface area contributed by atoms with Gasteiger partial charge in [-0.05, 0) is 48.8 Å². The first-order chi connectivity index (χ1) is 11.1. The third-order valence-corrected chi connectivity index (χ3v) is 4.91. The molecule has 2 atom stereocenters. The highest BCUT2D eigenvalue weighted by Crippen LogP contribution is 2.29. The Balaban J connectivity index is 1.62. The Labute approximate surface area is 139 Å². The predicted octanol–water partition coefficient (Wildman–Crippen LogP) is 3.49. The van der Waals surface area contributed by atoms with Crippen molar-refractivity contribution in [3.05, 3.63) is 57.8 Å². The number of esters is 1. The van der Waals surface area contributed by atoms with Gasteiger partial charge in [0.05, 0.1) is 6.04 Å². The number of benzene rings is 1. The molecule has 1 amide bonds. The molecule has 0 fully saturated rings. The van der Waals surface area contributed by atoms with Crippen LogP contribution in [0.15, 0.2) is 41.8 Å². The van der Waals surface area contributed by atoms with Crippen molar-refractivity contribution in [2.24, 2.45) is 0 Å². The first-order valence-electron chi connectivity index (χ1n) is 7.78. The average molecular weight is 329 g/mol. The molecule has 2 aromatic rings. The quantitative estimate of drug-likeness (QED) is 0.874. The van der Waals surface area contributed by atoms with E-state index in [2.05, 4.69) is 17.4 Å². The van der Waals surface area contributed by atoms with Crippen LogP contribution in [0.3, 0.4) is 0 Å². The zero-order valence-corrected chi connectivity index (χ0v) is 13.8. The molecule has 0 spiro atoms. The van der Waals surface area contributed by atoms with Crippen LogP contribution in [0.25, 0.3) is 0 Å². The number of ether oxygens (including phenoxy) is 1. The van der Waals surface area contributed by atoms with Crippen molar-refractivity contribution in [2.45, 2.75) is 38.3 Å². The average Bonchev–Trinajstić information content (AvgIpc) is 3.09. The molecule has 0 saturated heterocycles. The highest BCUT2D eigenvalue weighted by atomic mass is 32.1. The van der Waals surface area contributed by atoms with Crippen LogP contribution in [0.2, 0.25) is 0 Å². The van der Waals surface area contributed by atoms with E-state index in [0.29, 0.717) is 4.88 Å². The second-order valence-corrected chi connectivity index (χ2v) is 6.62. The maximum Gasteiger partial charge on any atom is 0.349 e. The van der Waals surface area contributed by atoms with Crippen molar-refractivity contribution in [2.75, 3.05) is 0 Å². The summed E-state index contributed by atoms with van der Waals surface area (Å²) >= 11 is 1.30. The number of carbonyl (C=O) groups excluding carboxylic acids is 2. The standard InChI is InChI=1S/C18H19NO3S/c1-12(22-18(21)16-10-5-11-23-16)17(20)19-15-9-4-7-13-6-2-3-8-14(13)15/h2-3,5-6,8,10-12,15H,4,7,9H2,1H3,(H,19,20)/t12-,15+/m1/s1. The molecule has 120 valence electrons. The number of hydrogen-bond donors (Lipinski definition) is 1. The van der Waals surface area contributed by atoms with Crippen LogP contribution in [0.1, 0.15) is 46.6 Å². The van der Waals surface area contributed by atoms with Crippen LogP contribution in [0.5, 0.6) is 0 Å². The van der Waals surface area contributed by atoms with Gasteiger partial charge in [-0.1, -0.05) is 30.3 Å². The summed E-state index contributed by atoms with van der Waals surface area (Å²) in [6.07, 6.45) is 2.20. The fourth-order valence-electron chi connectivity index (χ4n) is 2.86. The minimum absolute atomic E-state index is 0.00431. The molecule has 3 rings (SSSR count). The molecular formula is C18H19NO3S. The van der Waals surface area contributed by atoms with Crippen molar-refractivity contribution in [1.82, 2.24) is 5.32 Å². The van der Waals surface area contributed by atoms with E-state index in [9.17, 15) is 9.59 Å². The molecule has 5 heteroatoms. The Hall–Kier alpha value is -2.14. The summed E-state index contributed by atoms with van der Waals surface area (Å²) < 4.78 is 5.25. The van der Waals surface area contributed by atoms with Crippen molar-refractivity contribution < 1.29 is 14.3 Å². The number of nitrogens with one attached hydrogen (secondary N) is 1. The third kappa shape index (κ3) is 3.62. The number of thiophene rings is 1. The molecule has 23 heavy (non-hydrogen) atoms. The maximum atomic E-state index is 12.3. The predicted molar refractivity (Wildman–Crippen MR) is 89.5 cm³/mol. The van der Waals surface area contributed by atoms with E-state index in [4.69, 9.17) is 4.74 Å². The van der Waals surface area contributed by atoms with Crippen LogP contribution in [0.4, 0.5) is 0 Å². The molecule has 4 nitrogen and oxygen atoms in total. The molecule has 0 aliphatic heterocycles. The fraction of sp³-hybridized carbons (Fsp3) is 0.333. The first kappa shape index (κ1) is 15.7. The summed E-state index contributed by atoms with van der Waals surface area (Å²) in [7, 11) is 0. The normalized spacial score (nSPS) is 17.9. The van der Waals surface area contributed by atoms with E-state index in [1.165, 1.54) is 22.5 Å². The molecule has 1 aliphatic carbocycles. The van der Waals surface area contributed by atoms with Gasteiger partial charge in [0, 0.05) is 0 Å². The van der Waals surface area contributed by atoms with E-state index in [0.717, 1.165) is 19.3 Å². The van der Waals surface area contributed by atoms with E-state index in [1.807, 2.05) is 12.1 Å². The van der Waals surface area contributed by atoms with Gasteiger partial charge in [-0.3, -0.25) is 4.79 Å². The van der Waals surface area contributed by atoms with E-state index in [-0.39, 0.29) is 11.9 Å². The van der Waals surface area contributed by atoms with Gasteiger partial charge in [-0.15, -0.1) is 11.3 Å². The largest absolute Gasteiger partial charge is 0.448 e. The third-order valence-electron chi connectivity index (χ3n) is 4.06.